The van der Waals surface area contributed by atoms with Gasteiger partial charge in [0, 0.05) is 25.0 Å². The Morgan fingerprint density at radius 2 is 1.74 bits per heavy atom. The molecule has 0 saturated heterocycles. The topological polar surface area (TPSA) is 25.2 Å². The van der Waals surface area contributed by atoms with E-state index in [1.54, 1.807) is 0 Å². The number of benzene rings is 1. The van der Waals surface area contributed by atoms with Crippen LogP contribution in [-0.2, 0) is 17.9 Å². The third-order valence-corrected chi connectivity index (χ3v) is 3.12. The van der Waals surface area contributed by atoms with E-state index in [2.05, 4.69) is 26.0 Å². The van der Waals surface area contributed by atoms with E-state index in [0.29, 0.717) is 13.1 Å². The largest absolute Gasteiger partial charge is 0.345 e. The van der Waals surface area contributed by atoms with Crippen molar-refractivity contribution in [1.29, 1.82) is 0 Å². The average Bonchev–Trinajstić information content (AvgIpc) is 2.89. The van der Waals surface area contributed by atoms with Gasteiger partial charge in [0.2, 0.25) is 5.91 Å². The summed E-state index contributed by atoms with van der Waals surface area (Å²) in [6.45, 7) is 5.17. The van der Waals surface area contributed by atoms with E-state index in [1.807, 2.05) is 52.2 Å². The van der Waals surface area contributed by atoms with E-state index in [1.165, 1.54) is 0 Å². The molecule has 19 heavy (non-hydrogen) atoms. The maximum Gasteiger partial charge on any atom is 0.243 e. The van der Waals surface area contributed by atoms with Crippen LogP contribution in [0.3, 0.4) is 0 Å². The van der Waals surface area contributed by atoms with Crippen molar-refractivity contribution in [2.24, 2.45) is 0 Å². The van der Waals surface area contributed by atoms with E-state index < -0.39 is 0 Å². The molecule has 0 bridgehead atoms. The van der Waals surface area contributed by atoms with E-state index in [9.17, 15) is 4.79 Å². The van der Waals surface area contributed by atoms with Gasteiger partial charge in [0.1, 0.15) is 6.54 Å². The monoisotopic (exact) mass is 256 g/mol. The Bertz CT molecular complexity index is 503. The molecule has 2 rings (SSSR count). The molecule has 0 unspecified atom stereocenters. The molecule has 100 valence electrons. The van der Waals surface area contributed by atoms with Gasteiger partial charge in [-0.05, 0) is 31.5 Å². The molecule has 3 heteroatoms. The minimum atomic E-state index is 0.148. The van der Waals surface area contributed by atoms with Gasteiger partial charge in [-0.2, -0.15) is 0 Å². The Morgan fingerprint density at radius 3 is 2.32 bits per heavy atom. The molecule has 0 atom stereocenters. The van der Waals surface area contributed by atoms with Gasteiger partial charge in [-0.1, -0.05) is 30.3 Å². The van der Waals surface area contributed by atoms with Crippen molar-refractivity contribution < 1.29 is 4.79 Å². The molecule has 0 aliphatic carbocycles. The van der Waals surface area contributed by atoms with Gasteiger partial charge >= 0.3 is 0 Å². The fourth-order valence-electron chi connectivity index (χ4n) is 2.06. The van der Waals surface area contributed by atoms with Crippen molar-refractivity contribution >= 4 is 5.91 Å². The summed E-state index contributed by atoms with van der Waals surface area (Å²) in [7, 11) is 0. The summed E-state index contributed by atoms with van der Waals surface area (Å²) in [6, 6.07) is 14.2. The maximum atomic E-state index is 12.4. The first kappa shape index (κ1) is 13.4. The van der Waals surface area contributed by atoms with Crippen molar-refractivity contribution in [2.45, 2.75) is 33.0 Å². The van der Waals surface area contributed by atoms with Gasteiger partial charge in [0.25, 0.3) is 0 Å². The van der Waals surface area contributed by atoms with Crippen LogP contribution in [0.2, 0.25) is 0 Å². The van der Waals surface area contributed by atoms with Gasteiger partial charge in [-0.25, -0.2) is 0 Å². The average molecular weight is 256 g/mol. The fraction of sp³-hybridized carbons (Fsp3) is 0.312. The highest BCUT2D eigenvalue weighted by Gasteiger charge is 2.17. The van der Waals surface area contributed by atoms with Crippen LogP contribution in [0.25, 0.3) is 0 Å². The number of carbonyl (C=O) groups excluding carboxylic acids is 1. The van der Waals surface area contributed by atoms with Crippen molar-refractivity contribution in [3.05, 3.63) is 60.4 Å². The van der Waals surface area contributed by atoms with Crippen molar-refractivity contribution in [2.75, 3.05) is 0 Å². The van der Waals surface area contributed by atoms with E-state index in [4.69, 9.17) is 0 Å². The van der Waals surface area contributed by atoms with Crippen molar-refractivity contribution in [3.8, 4) is 0 Å². The molecule has 0 spiro atoms. The Hall–Kier alpha value is -2.03. The number of aromatic nitrogens is 1. The summed E-state index contributed by atoms with van der Waals surface area (Å²) in [4.78, 5) is 14.3. The Kier molecular flexibility index (Phi) is 4.39. The van der Waals surface area contributed by atoms with Crippen LogP contribution >= 0.6 is 0 Å². The number of nitrogens with zero attached hydrogens (tertiary/aromatic N) is 2. The Balaban J connectivity index is 2.05. The van der Waals surface area contributed by atoms with Crippen LogP contribution in [0.4, 0.5) is 0 Å². The van der Waals surface area contributed by atoms with Crippen molar-refractivity contribution in [1.82, 2.24) is 9.47 Å². The lowest BCUT2D eigenvalue weighted by atomic mass is 10.2. The van der Waals surface area contributed by atoms with Gasteiger partial charge < -0.3 is 9.47 Å². The van der Waals surface area contributed by atoms with E-state index in [-0.39, 0.29) is 11.9 Å². The molecule has 0 radical (unpaired) electrons. The first-order valence-electron chi connectivity index (χ1n) is 6.61. The SMILES string of the molecule is CC(C)N(Cc1ccccc1)C(=O)Cn1cccc1. The zero-order valence-corrected chi connectivity index (χ0v) is 11.5. The number of amides is 1. The molecular formula is C16H20N2O. The molecular weight excluding hydrogens is 236 g/mol. The number of carbonyl (C=O) groups is 1. The summed E-state index contributed by atoms with van der Waals surface area (Å²) in [5.41, 5.74) is 1.16. The van der Waals surface area contributed by atoms with Crippen LogP contribution in [0.1, 0.15) is 19.4 Å². The lowest BCUT2D eigenvalue weighted by Gasteiger charge is -2.27. The minimum absolute atomic E-state index is 0.148. The molecule has 0 fully saturated rings. The van der Waals surface area contributed by atoms with Crippen LogP contribution in [0.5, 0.6) is 0 Å². The molecule has 1 aromatic heterocycles. The lowest BCUT2D eigenvalue weighted by Crippen LogP contribution is -2.38. The first-order chi connectivity index (χ1) is 9.16. The smallest absolute Gasteiger partial charge is 0.243 e. The van der Waals surface area contributed by atoms with E-state index in [0.717, 1.165) is 5.56 Å². The number of hydrogen-bond donors (Lipinski definition) is 0. The summed E-state index contributed by atoms with van der Waals surface area (Å²) < 4.78 is 1.91. The molecule has 0 N–H and O–H groups in total. The normalized spacial score (nSPS) is 10.7. The lowest BCUT2D eigenvalue weighted by molar-refractivity contribution is -0.134. The number of hydrogen-bond acceptors (Lipinski definition) is 1. The molecule has 1 amide bonds. The fourth-order valence-corrected chi connectivity index (χ4v) is 2.06. The highest BCUT2D eigenvalue weighted by molar-refractivity contribution is 5.76. The highest BCUT2D eigenvalue weighted by Crippen LogP contribution is 2.09. The molecule has 0 aliphatic rings. The minimum Gasteiger partial charge on any atom is -0.345 e. The van der Waals surface area contributed by atoms with Gasteiger partial charge in [-0.3, -0.25) is 4.79 Å². The predicted molar refractivity (Wildman–Crippen MR) is 76.6 cm³/mol. The summed E-state index contributed by atoms with van der Waals surface area (Å²) in [5.74, 6) is 0.148. The molecule has 3 nitrogen and oxygen atoms in total. The second kappa shape index (κ2) is 6.23. The quantitative estimate of drug-likeness (QED) is 0.807. The Morgan fingerprint density at radius 1 is 1.11 bits per heavy atom. The van der Waals surface area contributed by atoms with Crippen LogP contribution in [0, 0.1) is 0 Å². The molecule has 0 aliphatic heterocycles. The standard InChI is InChI=1S/C16H20N2O/c1-14(2)18(12-15-8-4-3-5-9-15)16(19)13-17-10-6-7-11-17/h3-11,14H,12-13H2,1-2H3. The van der Waals surface area contributed by atoms with Gasteiger partial charge in [0.15, 0.2) is 0 Å². The zero-order valence-electron chi connectivity index (χ0n) is 11.5. The predicted octanol–water partition coefficient (Wildman–Crippen LogP) is 2.93. The number of rotatable bonds is 5. The van der Waals surface area contributed by atoms with Crippen LogP contribution < -0.4 is 0 Å². The summed E-state index contributed by atoms with van der Waals surface area (Å²) in [5, 5.41) is 0. The summed E-state index contributed by atoms with van der Waals surface area (Å²) >= 11 is 0. The van der Waals surface area contributed by atoms with Gasteiger partial charge in [-0.15, -0.1) is 0 Å². The summed E-state index contributed by atoms with van der Waals surface area (Å²) in [6.07, 6.45) is 3.83. The first-order valence-corrected chi connectivity index (χ1v) is 6.61. The third-order valence-electron chi connectivity index (χ3n) is 3.12. The van der Waals surface area contributed by atoms with Crippen LogP contribution in [0.15, 0.2) is 54.9 Å². The maximum absolute atomic E-state index is 12.4. The molecule has 0 saturated carbocycles. The molecule has 1 aromatic carbocycles. The van der Waals surface area contributed by atoms with E-state index >= 15 is 0 Å². The molecule has 1 heterocycles. The van der Waals surface area contributed by atoms with Gasteiger partial charge in [0.05, 0.1) is 0 Å². The third kappa shape index (κ3) is 3.71. The zero-order chi connectivity index (χ0) is 13.7. The Labute approximate surface area is 114 Å². The second-order valence-electron chi connectivity index (χ2n) is 4.96. The van der Waals surface area contributed by atoms with Crippen molar-refractivity contribution in [3.63, 3.8) is 0 Å². The molecule has 2 aromatic rings. The highest BCUT2D eigenvalue weighted by atomic mass is 16.2. The van der Waals surface area contributed by atoms with Crippen LogP contribution in [-0.4, -0.2) is 21.4 Å². The second-order valence-corrected chi connectivity index (χ2v) is 4.96.